The number of carbonyl (C=O) groups is 1. The number of aryl methyl sites for hydroxylation is 2. The minimum absolute atomic E-state index is 0.0248. The van der Waals surface area contributed by atoms with E-state index < -0.39 is 0 Å². The number of amides is 1. The van der Waals surface area contributed by atoms with Crippen LogP contribution in [0.3, 0.4) is 0 Å². The van der Waals surface area contributed by atoms with Crippen LogP contribution in [0.1, 0.15) is 66.8 Å². The van der Waals surface area contributed by atoms with Gasteiger partial charge in [0.05, 0.1) is 11.0 Å². The largest absolute Gasteiger partial charge is 0.335 e. The Morgan fingerprint density at radius 3 is 2.62 bits per heavy atom. The van der Waals surface area contributed by atoms with Gasteiger partial charge < -0.3 is 4.90 Å². The fraction of sp³-hybridized carbons (Fsp3) is 0.647. The van der Waals surface area contributed by atoms with Crippen molar-refractivity contribution in [1.82, 2.24) is 24.6 Å². The third-order valence-corrected chi connectivity index (χ3v) is 5.57. The smallest absolute Gasteiger partial charge is 0.273 e. The van der Waals surface area contributed by atoms with E-state index in [1.54, 1.807) is 11.3 Å². The molecular weight excluding hydrogens is 322 g/mol. The molecular formula is C17H25N5OS. The van der Waals surface area contributed by atoms with Gasteiger partial charge in [0, 0.05) is 23.9 Å². The molecule has 1 atom stereocenters. The van der Waals surface area contributed by atoms with E-state index in [1.807, 2.05) is 28.8 Å². The van der Waals surface area contributed by atoms with E-state index in [0.717, 1.165) is 36.0 Å². The van der Waals surface area contributed by atoms with E-state index in [1.165, 1.54) is 0 Å². The highest BCUT2D eigenvalue weighted by Crippen LogP contribution is 2.27. The number of hydrogen-bond donors (Lipinski definition) is 0. The molecule has 0 saturated carbocycles. The quantitative estimate of drug-likeness (QED) is 0.837. The molecule has 7 heteroatoms. The molecule has 1 saturated heterocycles. The Labute approximate surface area is 146 Å². The summed E-state index contributed by atoms with van der Waals surface area (Å²) < 4.78 is 1.97. The first-order valence-electron chi connectivity index (χ1n) is 8.41. The maximum atomic E-state index is 12.8. The van der Waals surface area contributed by atoms with E-state index in [0.29, 0.717) is 12.2 Å². The molecule has 6 nitrogen and oxygen atoms in total. The van der Waals surface area contributed by atoms with Crippen molar-refractivity contribution >= 4 is 17.2 Å². The van der Waals surface area contributed by atoms with Crippen LogP contribution in [0, 0.1) is 13.8 Å². The molecule has 3 heterocycles. The maximum absolute atomic E-state index is 12.8. The van der Waals surface area contributed by atoms with E-state index in [-0.39, 0.29) is 17.4 Å². The number of hydrogen-bond acceptors (Lipinski definition) is 5. The van der Waals surface area contributed by atoms with Crippen LogP contribution >= 0.6 is 11.3 Å². The van der Waals surface area contributed by atoms with Crippen LogP contribution in [0.5, 0.6) is 0 Å². The van der Waals surface area contributed by atoms with Crippen molar-refractivity contribution in [2.45, 2.75) is 58.9 Å². The third-order valence-electron chi connectivity index (χ3n) is 4.30. The van der Waals surface area contributed by atoms with Crippen LogP contribution in [0.15, 0.2) is 5.38 Å². The molecule has 0 aromatic carbocycles. The number of aromatic nitrogens is 4. The summed E-state index contributed by atoms with van der Waals surface area (Å²) in [6.07, 6.45) is 2.00. The van der Waals surface area contributed by atoms with Crippen LogP contribution in [0.25, 0.3) is 0 Å². The van der Waals surface area contributed by atoms with Gasteiger partial charge in [-0.05, 0) is 26.7 Å². The highest BCUT2D eigenvalue weighted by molar-refractivity contribution is 7.10. The topological polar surface area (TPSA) is 63.9 Å². The summed E-state index contributed by atoms with van der Waals surface area (Å²) in [6, 6.07) is 0.199. The van der Waals surface area contributed by atoms with Gasteiger partial charge in [-0.25, -0.2) is 14.6 Å². The zero-order chi connectivity index (χ0) is 17.5. The molecule has 24 heavy (non-hydrogen) atoms. The van der Waals surface area contributed by atoms with E-state index >= 15 is 0 Å². The Bertz CT molecular complexity index is 742. The zero-order valence-electron chi connectivity index (χ0n) is 15.0. The third kappa shape index (κ3) is 3.36. The van der Waals surface area contributed by atoms with Crippen molar-refractivity contribution in [1.29, 1.82) is 0 Å². The molecule has 130 valence electrons. The van der Waals surface area contributed by atoms with Crippen LogP contribution in [0.2, 0.25) is 0 Å². The normalized spacial score (nSPS) is 18.9. The fourth-order valence-electron chi connectivity index (χ4n) is 3.10. The van der Waals surface area contributed by atoms with E-state index in [9.17, 15) is 4.79 Å². The minimum Gasteiger partial charge on any atom is -0.335 e. The average Bonchev–Trinajstić information content (AvgIpc) is 3.13. The maximum Gasteiger partial charge on any atom is 0.273 e. The van der Waals surface area contributed by atoms with Gasteiger partial charge in [0.25, 0.3) is 5.91 Å². The Balaban J connectivity index is 1.76. The molecule has 2 aromatic heterocycles. The number of thiazole rings is 1. The molecule has 0 spiro atoms. The van der Waals surface area contributed by atoms with Crippen molar-refractivity contribution in [2.75, 3.05) is 13.1 Å². The van der Waals surface area contributed by atoms with Gasteiger partial charge in [0.1, 0.15) is 17.3 Å². The summed E-state index contributed by atoms with van der Waals surface area (Å²) >= 11 is 1.57. The molecule has 0 aliphatic carbocycles. The van der Waals surface area contributed by atoms with Gasteiger partial charge in [-0.1, -0.05) is 20.8 Å². The molecule has 0 N–H and O–H groups in total. The predicted molar refractivity (Wildman–Crippen MR) is 94.5 cm³/mol. The first-order valence-corrected chi connectivity index (χ1v) is 9.28. The van der Waals surface area contributed by atoms with Crippen LogP contribution in [-0.4, -0.2) is 43.6 Å². The summed E-state index contributed by atoms with van der Waals surface area (Å²) in [4.78, 5) is 23.7. The highest BCUT2D eigenvalue weighted by atomic mass is 32.1. The van der Waals surface area contributed by atoms with Gasteiger partial charge in [0.2, 0.25) is 0 Å². The van der Waals surface area contributed by atoms with E-state index in [2.05, 4.69) is 35.8 Å². The Hall–Kier alpha value is -1.76. The van der Waals surface area contributed by atoms with Crippen LogP contribution in [-0.2, 0) is 5.41 Å². The second-order valence-electron chi connectivity index (χ2n) is 7.49. The number of carbonyl (C=O) groups excluding carboxylic acids is 1. The zero-order valence-corrected chi connectivity index (χ0v) is 15.9. The molecule has 0 unspecified atom stereocenters. The highest BCUT2D eigenvalue weighted by Gasteiger charge is 2.29. The van der Waals surface area contributed by atoms with Crippen LogP contribution < -0.4 is 0 Å². The monoisotopic (exact) mass is 347 g/mol. The lowest BCUT2D eigenvalue weighted by Crippen LogP contribution is -2.41. The summed E-state index contributed by atoms with van der Waals surface area (Å²) in [5.74, 6) is 1.72. The van der Waals surface area contributed by atoms with Crippen LogP contribution in [0.4, 0.5) is 0 Å². The minimum atomic E-state index is -0.0248. The molecule has 0 bridgehead atoms. The Kier molecular flexibility index (Phi) is 4.46. The molecule has 1 aliphatic rings. The van der Waals surface area contributed by atoms with Crippen molar-refractivity contribution < 1.29 is 4.79 Å². The molecule has 1 amide bonds. The van der Waals surface area contributed by atoms with Crippen molar-refractivity contribution in [3.05, 3.63) is 27.7 Å². The average molecular weight is 347 g/mol. The summed E-state index contributed by atoms with van der Waals surface area (Å²) in [5.41, 5.74) is 0.542. The van der Waals surface area contributed by atoms with Gasteiger partial charge in [-0.3, -0.25) is 4.79 Å². The Morgan fingerprint density at radius 2 is 2.04 bits per heavy atom. The second kappa shape index (κ2) is 6.27. The number of likely N-dealkylation sites (tertiary alicyclic amines) is 1. The molecule has 2 aromatic rings. The lowest BCUT2D eigenvalue weighted by molar-refractivity contribution is 0.0666. The molecule has 1 fully saturated rings. The van der Waals surface area contributed by atoms with Gasteiger partial charge in [-0.2, -0.15) is 5.10 Å². The van der Waals surface area contributed by atoms with Crippen molar-refractivity contribution in [3.8, 4) is 0 Å². The first kappa shape index (κ1) is 17.1. The summed E-state index contributed by atoms with van der Waals surface area (Å²) in [7, 11) is 0. The van der Waals surface area contributed by atoms with Gasteiger partial charge in [-0.15, -0.1) is 11.3 Å². The molecule has 0 radical (unpaired) electrons. The molecule has 3 rings (SSSR count). The van der Waals surface area contributed by atoms with Gasteiger partial charge >= 0.3 is 0 Å². The SMILES string of the molecule is Cc1nc(C)n([C@H]2CCCN(C(=O)c3csc(C(C)(C)C)n3)C2)n1. The van der Waals surface area contributed by atoms with Crippen molar-refractivity contribution in [3.63, 3.8) is 0 Å². The number of rotatable bonds is 2. The summed E-state index contributed by atoms with van der Waals surface area (Å²) in [6.45, 7) is 11.7. The standard InChI is InChI=1S/C17H25N5OS/c1-11-18-12(2)22(20-11)13-7-6-8-21(9-13)15(23)14-10-24-16(19-14)17(3,4)5/h10,13H,6-9H2,1-5H3/t13-/m0/s1. The molecule has 1 aliphatic heterocycles. The number of nitrogens with zero attached hydrogens (tertiary/aromatic N) is 5. The lowest BCUT2D eigenvalue weighted by Gasteiger charge is -2.32. The van der Waals surface area contributed by atoms with Gasteiger partial charge in [0.15, 0.2) is 0 Å². The van der Waals surface area contributed by atoms with E-state index in [4.69, 9.17) is 0 Å². The summed E-state index contributed by atoms with van der Waals surface area (Å²) in [5, 5.41) is 7.38. The Morgan fingerprint density at radius 1 is 1.29 bits per heavy atom. The number of piperidine rings is 1. The predicted octanol–water partition coefficient (Wildman–Crippen LogP) is 3.13. The first-order chi connectivity index (χ1) is 11.3. The fourth-order valence-corrected chi connectivity index (χ4v) is 3.98. The van der Waals surface area contributed by atoms with Crippen molar-refractivity contribution in [2.24, 2.45) is 0 Å². The second-order valence-corrected chi connectivity index (χ2v) is 8.34. The lowest BCUT2D eigenvalue weighted by atomic mass is 9.98.